The van der Waals surface area contributed by atoms with Gasteiger partial charge in [0, 0.05) is 22.2 Å². The molecular weight excluding hydrogens is 470 g/mol. The van der Waals surface area contributed by atoms with Gasteiger partial charge in [0.05, 0.1) is 4.92 Å². The van der Waals surface area contributed by atoms with Crippen molar-refractivity contribution < 1.29 is 24.4 Å². The summed E-state index contributed by atoms with van der Waals surface area (Å²) in [7, 11) is 0. The lowest BCUT2D eigenvalue weighted by molar-refractivity contribution is -0.384. The summed E-state index contributed by atoms with van der Waals surface area (Å²) in [6.07, 6.45) is 1.25. The van der Waals surface area contributed by atoms with E-state index in [2.05, 4.69) is 26.6 Å². The summed E-state index contributed by atoms with van der Waals surface area (Å²) in [6.45, 7) is 3.26. The first-order valence-corrected chi connectivity index (χ1v) is 9.94. The number of halogens is 1. The molecular formula is C21H20BrN3O6. The number of carbonyl (C=O) groups is 3. The molecule has 162 valence electrons. The van der Waals surface area contributed by atoms with Crippen LogP contribution in [-0.2, 0) is 9.59 Å². The zero-order valence-corrected chi connectivity index (χ0v) is 18.3. The number of non-ortho nitro benzene ring substituents is 1. The van der Waals surface area contributed by atoms with Crippen molar-refractivity contribution in [2.24, 2.45) is 5.92 Å². The summed E-state index contributed by atoms with van der Waals surface area (Å²) < 4.78 is 0.760. The molecule has 0 aliphatic rings. The average molecular weight is 490 g/mol. The van der Waals surface area contributed by atoms with Crippen molar-refractivity contribution in [3.8, 4) is 0 Å². The highest BCUT2D eigenvalue weighted by atomic mass is 79.9. The van der Waals surface area contributed by atoms with Crippen LogP contribution in [0.5, 0.6) is 0 Å². The van der Waals surface area contributed by atoms with E-state index in [1.807, 2.05) is 0 Å². The molecule has 31 heavy (non-hydrogen) atoms. The molecule has 0 radical (unpaired) electrons. The van der Waals surface area contributed by atoms with Crippen molar-refractivity contribution >= 4 is 45.5 Å². The number of amides is 2. The second-order valence-electron chi connectivity index (χ2n) is 6.90. The number of carboxylic acids is 1. The number of nitrogens with zero attached hydrogens (tertiary/aromatic N) is 1. The fourth-order valence-electron chi connectivity index (χ4n) is 2.58. The molecule has 0 saturated heterocycles. The lowest BCUT2D eigenvalue weighted by Gasteiger charge is -2.19. The van der Waals surface area contributed by atoms with Gasteiger partial charge in [-0.1, -0.05) is 41.9 Å². The van der Waals surface area contributed by atoms with Crippen molar-refractivity contribution in [3.63, 3.8) is 0 Å². The van der Waals surface area contributed by atoms with Crippen LogP contribution in [0.4, 0.5) is 5.69 Å². The van der Waals surface area contributed by atoms with Gasteiger partial charge in [-0.15, -0.1) is 0 Å². The van der Waals surface area contributed by atoms with E-state index in [9.17, 15) is 29.6 Å². The Bertz CT molecular complexity index is 1030. The molecule has 9 nitrogen and oxygen atoms in total. The zero-order valence-electron chi connectivity index (χ0n) is 16.7. The van der Waals surface area contributed by atoms with Crippen LogP contribution in [0.15, 0.2) is 58.7 Å². The lowest BCUT2D eigenvalue weighted by Crippen LogP contribution is -2.47. The fraction of sp³-hybridized carbons (Fsp3) is 0.190. The Morgan fingerprint density at radius 3 is 2.32 bits per heavy atom. The monoisotopic (exact) mass is 489 g/mol. The van der Waals surface area contributed by atoms with Crippen LogP contribution in [0.3, 0.4) is 0 Å². The predicted octanol–water partition coefficient (Wildman–Crippen LogP) is 3.35. The van der Waals surface area contributed by atoms with Crippen LogP contribution >= 0.6 is 15.9 Å². The number of carbonyl (C=O) groups excluding carboxylic acids is 2. The van der Waals surface area contributed by atoms with Gasteiger partial charge in [-0.3, -0.25) is 19.7 Å². The van der Waals surface area contributed by atoms with Crippen LogP contribution in [0.2, 0.25) is 0 Å². The number of nitro benzene ring substituents is 1. The minimum atomic E-state index is -1.22. The van der Waals surface area contributed by atoms with Gasteiger partial charge in [-0.2, -0.15) is 0 Å². The van der Waals surface area contributed by atoms with E-state index in [4.69, 9.17) is 0 Å². The minimum Gasteiger partial charge on any atom is -0.480 e. The Morgan fingerprint density at radius 2 is 1.77 bits per heavy atom. The molecule has 0 spiro atoms. The fourth-order valence-corrected chi connectivity index (χ4v) is 2.85. The second-order valence-corrected chi connectivity index (χ2v) is 7.82. The lowest BCUT2D eigenvalue weighted by atomic mass is 10.0. The van der Waals surface area contributed by atoms with Gasteiger partial charge < -0.3 is 15.7 Å². The van der Waals surface area contributed by atoms with Gasteiger partial charge in [-0.05, 0) is 41.8 Å². The smallest absolute Gasteiger partial charge is 0.326 e. The van der Waals surface area contributed by atoms with E-state index in [1.165, 1.54) is 42.5 Å². The maximum absolute atomic E-state index is 12.8. The highest BCUT2D eigenvalue weighted by Crippen LogP contribution is 2.16. The van der Waals surface area contributed by atoms with Gasteiger partial charge in [0.15, 0.2) is 0 Å². The molecule has 10 heteroatoms. The Hall–Kier alpha value is -3.53. The number of aliphatic carboxylic acids is 1. The molecule has 2 amide bonds. The number of hydrogen-bond donors (Lipinski definition) is 3. The number of rotatable bonds is 8. The average Bonchev–Trinajstić information content (AvgIpc) is 2.71. The third-order valence-corrected chi connectivity index (χ3v) is 4.74. The van der Waals surface area contributed by atoms with E-state index in [-0.39, 0.29) is 22.5 Å². The van der Waals surface area contributed by atoms with Crippen molar-refractivity contribution in [1.82, 2.24) is 10.6 Å². The molecule has 0 heterocycles. The first-order valence-electron chi connectivity index (χ1n) is 9.15. The minimum absolute atomic E-state index is 0.196. The van der Waals surface area contributed by atoms with Crippen LogP contribution in [0.25, 0.3) is 6.08 Å². The van der Waals surface area contributed by atoms with Crippen LogP contribution < -0.4 is 10.6 Å². The summed E-state index contributed by atoms with van der Waals surface area (Å²) in [5.74, 6) is -3.08. The summed E-state index contributed by atoms with van der Waals surface area (Å²) in [5.41, 5.74) is 0.102. The molecule has 2 rings (SSSR count). The highest BCUT2D eigenvalue weighted by Gasteiger charge is 2.26. The molecule has 0 aromatic heterocycles. The van der Waals surface area contributed by atoms with Crippen LogP contribution in [0.1, 0.15) is 29.8 Å². The largest absolute Gasteiger partial charge is 0.480 e. The van der Waals surface area contributed by atoms with Crippen molar-refractivity contribution in [2.45, 2.75) is 19.9 Å². The molecule has 0 aliphatic heterocycles. The Labute approximate surface area is 186 Å². The number of hydrogen-bond acceptors (Lipinski definition) is 5. The number of nitro groups is 1. The molecule has 1 atom stereocenters. The first-order chi connectivity index (χ1) is 14.6. The molecule has 0 aliphatic carbocycles. The molecule has 0 bridgehead atoms. The zero-order chi connectivity index (χ0) is 23.1. The van der Waals surface area contributed by atoms with Gasteiger partial charge in [0.1, 0.15) is 11.7 Å². The molecule has 2 aromatic carbocycles. The molecule has 3 N–H and O–H groups in total. The van der Waals surface area contributed by atoms with E-state index in [1.54, 1.807) is 26.0 Å². The van der Waals surface area contributed by atoms with Crippen molar-refractivity contribution in [2.75, 3.05) is 0 Å². The van der Waals surface area contributed by atoms with Crippen molar-refractivity contribution in [1.29, 1.82) is 0 Å². The SMILES string of the molecule is CC(C)[C@H](NC(=O)/C(=C\c1cccc([N+](=O)[O-])c1)NC(=O)c1ccc(Br)cc1)C(=O)O. The Kier molecular flexibility index (Phi) is 8.03. The van der Waals surface area contributed by atoms with E-state index in [0.29, 0.717) is 0 Å². The molecule has 0 fully saturated rings. The van der Waals surface area contributed by atoms with Crippen LogP contribution in [-0.4, -0.2) is 33.9 Å². The van der Waals surface area contributed by atoms with Gasteiger partial charge in [-0.25, -0.2) is 4.79 Å². The second kappa shape index (κ2) is 10.5. The number of nitrogens with one attached hydrogen (secondary N) is 2. The Balaban J connectivity index is 2.40. The molecule has 0 unspecified atom stereocenters. The third kappa shape index (κ3) is 6.75. The summed E-state index contributed by atoms with van der Waals surface area (Å²) in [4.78, 5) is 47.3. The van der Waals surface area contributed by atoms with Gasteiger partial charge in [0.2, 0.25) is 0 Å². The van der Waals surface area contributed by atoms with E-state index >= 15 is 0 Å². The molecule has 0 saturated carbocycles. The third-order valence-electron chi connectivity index (χ3n) is 4.21. The summed E-state index contributed by atoms with van der Waals surface area (Å²) in [5, 5.41) is 25.2. The first kappa shape index (κ1) is 23.7. The molecule has 2 aromatic rings. The normalized spacial score (nSPS) is 12.2. The topological polar surface area (TPSA) is 139 Å². The number of carboxylic acid groups (broad SMARTS) is 1. The van der Waals surface area contributed by atoms with Gasteiger partial charge in [0.25, 0.3) is 17.5 Å². The van der Waals surface area contributed by atoms with Crippen LogP contribution in [0, 0.1) is 16.0 Å². The Morgan fingerprint density at radius 1 is 1.13 bits per heavy atom. The van der Waals surface area contributed by atoms with E-state index in [0.717, 1.165) is 4.47 Å². The van der Waals surface area contributed by atoms with E-state index < -0.39 is 34.7 Å². The van der Waals surface area contributed by atoms with Crippen molar-refractivity contribution in [3.05, 3.63) is 79.9 Å². The standard InChI is InChI=1S/C21H20BrN3O6/c1-12(2)18(21(28)29)24-20(27)17(11-13-4-3-5-16(10-13)25(30)31)23-19(26)14-6-8-15(22)9-7-14/h3-12,18H,1-2H3,(H,23,26)(H,24,27)(H,28,29)/b17-11+/t18-/m0/s1. The maximum Gasteiger partial charge on any atom is 0.326 e. The maximum atomic E-state index is 12.8. The van der Waals surface area contributed by atoms with Gasteiger partial charge >= 0.3 is 5.97 Å². The highest BCUT2D eigenvalue weighted by molar-refractivity contribution is 9.10. The predicted molar refractivity (Wildman–Crippen MR) is 117 cm³/mol. The summed E-state index contributed by atoms with van der Waals surface area (Å²) in [6, 6.07) is 10.7. The number of benzene rings is 2. The summed E-state index contributed by atoms with van der Waals surface area (Å²) >= 11 is 3.27. The quantitative estimate of drug-likeness (QED) is 0.295.